The summed E-state index contributed by atoms with van der Waals surface area (Å²) in [5.41, 5.74) is 0. The number of rotatable bonds is 0. The molecule has 0 aromatic heterocycles. The van der Waals surface area contributed by atoms with Crippen molar-refractivity contribution in [3.05, 3.63) is 0 Å². The second-order valence-corrected chi connectivity index (χ2v) is 6.44. The average molecular weight is 567 g/mol. The van der Waals surface area contributed by atoms with E-state index >= 15 is 0 Å². The Morgan fingerprint density at radius 1 is 0.846 bits per heavy atom. The molecular formula is Na3O8ReW. The van der Waals surface area contributed by atoms with Gasteiger partial charge < -0.3 is 0 Å². The Bertz CT molecular complexity index is 294. The van der Waals surface area contributed by atoms with Crippen LogP contribution in [0, 0.1) is 0 Å². The Balaban J connectivity index is -0.0000000267. The fourth-order valence-electron chi connectivity index (χ4n) is 0. The molecule has 0 atom stereocenters. The van der Waals surface area contributed by atoms with Gasteiger partial charge in [0.05, 0.1) is 0 Å². The molecular weight excluding hydrogens is 567 g/mol. The first-order chi connectivity index (χ1) is 4.00. The zero-order valence-corrected chi connectivity index (χ0v) is 18.7. The van der Waals surface area contributed by atoms with Crippen molar-refractivity contribution >= 4 is 0 Å². The van der Waals surface area contributed by atoms with E-state index in [9.17, 15) is 0 Å². The van der Waals surface area contributed by atoms with Crippen LogP contribution in [0.25, 0.3) is 0 Å². The average Bonchev–Trinajstić information content (AvgIpc) is 1.12. The number of hydrogen-bond donors (Lipinski definition) is 0. The third kappa shape index (κ3) is 255. The summed E-state index contributed by atoms with van der Waals surface area (Å²) < 4.78 is 69.1. The van der Waals surface area contributed by atoms with Crippen molar-refractivity contribution in [1.29, 1.82) is 0 Å². The van der Waals surface area contributed by atoms with Crippen LogP contribution in [-0.2, 0) is 49.7 Å². The normalized spacial score (nSPS) is 8.85. The van der Waals surface area contributed by atoms with Crippen LogP contribution in [0.5, 0.6) is 0 Å². The van der Waals surface area contributed by atoms with Gasteiger partial charge in [0.2, 0.25) is 0 Å². The van der Waals surface area contributed by atoms with Crippen LogP contribution in [0.15, 0.2) is 0 Å². The Labute approximate surface area is 146 Å². The minimum absolute atomic E-state index is 0. The second kappa shape index (κ2) is 13.3. The maximum atomic E-state index is 8.65. The van der Waals surface area contributed by atoms with Crippen molar-refractivity contribution in [1.82, 2.24) is 0 Å². The van der Waals surface area contributed by atoms with Gasteiger partial charge in [0.1, 0.15) is 0 Å². The summed E-state index contributed by atoms with van der Waals surface area (Å²) in [6, 6.07) is 0. The molecule has 0 amide bonds. The van der Waals surface area contributed by atoms with Gasteiger partial charge in [-0.1, -0.05) is 0 Å². The fraction of sp³-hybridized carbons (Fsp3) is 0. The summed E-state index contributed by atoms with van der Waals surface area (Å²) in [7, 11) is 0. The third-order valence-corrected chi connectivity index (χ3v) is 0. The summed E-state index contributed by atoms with van der Waals surface area (Å²) in [6.45, 7) is 0. The molecule has 0 aromatic carbocycles. The van der Waals surface area contributed by atoms with Gasteiger partial charge in [-0.3, -0.25) is 0 Å². The minimum atomic E-state index is -6.17. The standard InChI is InChI=1S/3Na.8O.Re.W/q3*+1;;;;;;3*-1;;. The Hall–Kier alpha value is 3.23. The summed E-state index contributed by atoms with van der Waals surface area (Å²) in [4.78, 5) is 0. The topological polar surface area (TPSA) is 155 Å². The van der Waals surface area contributed by atoms with Crippen LogP contribution in [0.1, 0.15) is 0 Å². The van der Waals surface area contributed by atoms with E-state index in [0.717, 1.165) is 0 Å². The molecule has 0 aliphatic carbocycles. The second-order valence-electron chi connectivity index (χ2n) is 0.786. The van der Waals surface area contributed by atoms with Crippen LogP contribution in [0.2, 0.25) is 0 Å². The molecule has 0 aliphatic heterocycles. The van der Waals surface area contributed by atoms with Crippen LogP contribution in [0.4, 0.5) is 0 Å². The molecule has 0 radical (unpaired) electrons. The van der Waals surface area contributed by atoms with Gasteiger partial charge in [-0.05, 0) is 0 Å². The van der Waals surface area contributed by atoms with Crippen molar-refractivity contribution in [2.75, 3.05) is 0 Å². The van der Waals surface area contributed by atoms with E-state index in [4.69, 9.17) is 28.6 Å². The molecule has 0 saturated heterocycles. The SMILES string of the molecule is [Na+].[Na+].[Na+].[O]=[Re](=[O])(=[O])[O-].[O]=[W](=[O])([O-])[O-]. The van der Waals surface area contributed by atoms with E-state index in [0.29, 0.717) is 0 Å². The molecule has 0 N–H and O–H groups in total. The molecule has 0 aromatic rings. The third-order valence-electron chi connectivity index (χ3n) is 0. The van der Waals surface area contributed by atoms with Crippen molar-refractivity contribution in [2.45, 2.75) is 0 Å². The molecule has 8 nitrogen and oxygen atoms in total. The van der Waals surface area contributed by atoms with E-state index in [-0.39, 0.29) is 88.7 Å². The van der Waals surface area contributed by atoms with Crippen LogP contribution >= 0.6 is 0 Å². The first-order valence-electron chi connectivity index (χ1n) is 1.28. The van der Waals surface area contributed by atoms with Crippen molar-refractivity contribution in [3.63, 3.8) is 0 Å². The molecule has 13 heavy (non-hydrogen) atoms. The molecule has 0 fully saturated rings. The van der Waals surface area contributed by atoms with E-state index in [1.54, 1.807) is 0 Å². The predicted octanol–water partition coefficient (Wildman–Crippen LogP) is -13.2. The van der Waals surface area contributed by atoms with E-state index in [2.05, 4.69) is 0 Å². The summed E-state index contributed by atoms with van der Waals surface area (Å²) in [5, 5.41) is 0. The van der Waals surface area contributed by atoms with Gasteiger partial charge in [-0.2, -0.15) is 0 Å². The summed E-state index contributed by atoms with van der Waals surface area (Å²) >= 11 is -12.3. The molecule has 64 valence electrons. The van der Waals surface area contributed by atoms with Gasteiger partial charge >= 0.3 is 150 Å². The van der Waals surface area contributed by atoms with E-state index in [1.165, 1.54) is 0 Å². The maximum absolute atomic E-state index is 8.65. The monoisotopic (exact) mass is 568 g/mol. The first kappa shape index (κ1) is 29.9. The molecule has 0 aliphatic rings. The van der Waals surface area contributed by atoms with Gasteiger partial charge in [-0.15, -0.1) is 0 Å². The Morgan fingerprint density at radius 3 is 0.846 bits per heavy atom. The zero-order valence-electron chi connectivity index (χ0n) is 7.05. The molecule has 13 heteroatoms. The van der Waals surface area contributed by atoms with E-state index in [1.807, 2.05) is 0 Å². The van der Waals surface area contributed by atoms with Crippen molar-refractivity contribution in [2.24, 2.45) is 0 Å². The Kier molecular flexibility index (Phi) is 30.5. The zero-order chi connectivity index (χ0) is 9.00. The van der Waals surface area contributed by atoms with Gasteiger partial charge in [0, 0.05) is 0 Å². The van der Waals surface area contributed by atoms with Crippen LogP contribution in [0.3, 0.4) is 0 Å². The van der Waals surface area contributed by atoms with Gasteiger partial charge in [0.25, 0.3) is 0 Å². The predicted molar refractivity (Wildman–Crippen MR) is 3.43 cm³/mol. The molecule has 0 heterocycles. The van der Waals surface area contributed by atoms with Crippen molar-refractivity contribution < 1.29 is 150 Å². The summed E-state index contributed by atoms with van der Waals surface area (Å²) in [6.07, 6.45) is 0. The summed E-state index contributed by atoms with van der Waals surface area (Å²) in [5.74, 6) is 0. The van der Waals surface area contributed by atoms with E-state index < -0.39 is 32.5 Å². The van der Waals surface area contributed by atoms with Crippen LogP contribution < -0.4 is 100 Å². The molecule has 0 bridgehead atoms. The number of hydrogen-bond acceptors (Lipinski definition) is 8. The van der Waals surface area contributed by atoms with Gasteiger partial charge in [0.15, 0.2) is 0 Å². The quantitative estimate of drug-likeness (QED) is 0.262. The molecule has 0 rings (SSSR count). The Morgan fingerprint density at radius 2 is 0.846 bits per heavy atom. The molecule has 0 spiro atoms. The van der Waals surface area contributed by atoms with Crippen LogP contribution in [-0.4, -0.2) is 0 Å². The molecule has 0 saturated carbocycles. The molecule has 0 unspecified atom stereocenters. The first-order valence-corrected chi connectivity index (χ1v) is 10.5. The van der Waals surface area contributed by atoms with Crippen molar-refractivity contribution in [3.8, 4) is 0 Å². The fourth-order valence-corrected chi connectivity index (χ4v) is 0. The van der Waals surface area contributed by atoms with Gasteiger partial charge in [-0.25, -0.2) is 0 Å².